The minimum absolute atomic E-state index is 0.0855. The van der Waals surface area contributed by atoms with Crippen LogP contribution in [0, 0.1) is 5.82 Å². The van der Waals surface area contributed by atoms with Crippen molar-refractivity contribution in [1.29, 1.82) is 0 Å². The van der Waals surface area contributed by atoms with Crippen molar-refractivity contribution in [2.45, 2.75) is 23.3 Å². The Kier molecular flexibility index (Phi) is 5.03. The molecular weight excluding hydrogens is 435 g/mol. The van der Waals surface area contributed by atoms with Crippen LogP contribution in [0.25, 0.3) is 0 Å². The number of sulfonamides is 1. The van der Waals surface area contributed by atoms with Crippen LogP contribution in [0.5, 0.6) is 0 Å². The smallest absolute Gasteiger partial charge is 0.319 e. The van der Waals surface area contributed by atoms with E-state index >= 15 is 0 Å². The molecule has 0 saturated carbocycles. The molecule has 2 aromatic carbocycles. The van der Waals surface area contributed by atoms with Crippen LogP contribution in [0.2, 0.25) is 0 Å². The average molecular weight is 459 g/mol. The number of fused-ring (bicyclic) bond motifs is 2. The lowest BCUT2D eigenvalue weighted by atomic mass is 9.92. The number of amides is 3. The summed E-state index contributed by atoms with van der Waals surface area (Å²) in [5.41, 5.74) is 0.903. The Bertz CT molecular complexity index is 1200. The monoisotopic (exact) mass is 458 g/mol. The number of imide groups is 1. The van der Waals surface area contributed by atoms with Gasteiger partial charge in [-0.3, -0.25) is 9.69 Å². The van der Waals surface area contributed by atoms with Gasteiger partial charge in [0.2, 0.25) is 10.0 Å². The summed E-state index contributed by atoms with van der Waals surface area (Å²) in [5, 5.41) is 2.90. The van der Waals surface area contributed by atoms with Crippen LogP contribution >= 0.6 is 0 Å². The van der Waals surface area contributed by atoms with E-state index in [4.69, 9.17) is 0 Å². The second kappa shape index (κ2) is 7.65. The number of nitrogens with zero attached hydrogens (tertiary/aromatic N) is 3. The van der Waals surface area contributed by atoms with Crippen LogP contribution in [0.15, 0.2) is 53.4 Å². The van der Waals surface area contributed by atoms with Crippen molar-refractivity contribution < 1.29 is 22.4 Å². The first-order valence-electron chi connectivity index (χ1n) is 10.5. The molecule has 168 valence electrons. The van der Waals surface area contributed by atoms with Gasteiger partial charge in [0.25, 0.3) is 5.91 Å². The van der Waals surface area contributed by atoms with E-state index in [0.717, 1.165) is 23.6 Å². The first-order valence-corrected chi connectivity index (χ1v) is 12.0. The third kappa shape index (κ3) is 3.21. The van der Waals surface area contributed by atoms with E-state index in [-0.39, 0.29) is 30.6 Å². The molecule has 1 N–H and O–H groups in total. The second-order valence-electron chi connectivity index (χ2n) is 8.32. The number of aryl methyl sites for hydroxylation is 1. The van der Waals surface area contributed by atoms with Gasteiger partial charge in [-0.1, -0.05) is 36.4 Å². The molecule has 2 aliphatic heterocycles. The number of urea groups is 1. The van der Waals surface area contributed by atoms with Crippen molar-refractivity contribution in [2.24, 2.45) is 0 Å². The van der Waals surface area contributed by atoms with Crippen LogP contribution < -0.4 is 5.32 Å². The first-order chi connectivity index (χ1) is 15.3. The zero-order valence-corrected chi connectivity index (χ0v) is 18.1. The number of nitrogens with one attached hydrogen (secondary N) is 1. The van der Waals surface area contributed by atoms with Gasteiger partial charge in [0.05, 0.1) is 6.67 Å². The Morgan fingerprint density at radius 1 is 0.969 bits per heavy atom. The molecule has 0 unspecified atom stereocenters. The Labute approximate surface area is 185 Å². The summed E-state index contributed by atoms with van der Waals surface area (Å²) >= 11 is 0. The highest BCUT2D eigenvalue weighted by atomic mass is 32.2. The summed E-state index contributed by atoms with van der Waals surface area (Å²) in [6, 6.07) is 12.5. The molecule has 3 amide bonds. The van der Waals surface area contributed by atoms with Crippen LogP contribution in [-0.4, -0.2) is 67.3 Å². The second-order valence-corrected chi connectivity index (χ2v) is 10.2. The van der Waals surface area contributed by atoms with Gasteiger partial charge >= 0.3 is 6.03 Å². The number of rotatable bonds is 4. The molecule has 5 rings (SSSR count). The molecule has 1 aliphatic carbocycles. The van der Waals surface area contributed by atoms with Crippen molar-refractivity contribution >= 4 is 22.0 Å². The van der Waals surface area contributed by atoms with Gasteiger partial charge in [-0.25, -0.2) is 22.5 Å². The molecule has 0 radical (unpaired) electrons. The number of carbonyl (C=O) groups is 2. The summed E-state index contributed by atoms with van der Waals surface area (Å²) in [6.45, 7) is 1.04. The fourth-order valence-electron chi connectivity index (χ4n) is 4.82. The topological polar surface area (TPSA) is 90.0 Å². The summed E-state index contributed by atoms with van der Waals surface area (Å²) in [5.74, 6) is -1.05. The van der Waals surface area contributed by atoms with Gasteiger partial charge in [-0.15, -0.1) is 0 Å². The number of carbonyl (C=O) groups excluding carboxylic acids is 2. The van der Waals surface area contributed by atoms with E-state index in [1.807, 2.05) is 29.2 Å². The fourth-order valence-corrected chi connectivity index (χ4v) is 6.31. The Hall–Kier alpha value is -2.82. The van der Waals surface area contributed by atoms with Gasteiger partial charge in [0, 0.05) is 26.2 Å². The summed E-state index contributed by atoms with van der Waals surface area (Å²) < 4.78 is 40.8. The van der Waals surface area contributed by atoms with Crippen molar-refractivity contribution in [3.05, 3.63) is 65.5 Å². The van der Waals surface area contributed by atoms with Crippen molar-refractivity contribution in [2.75, 3.05) is 32.8 Å². The molecule has 2 heterocycles. The fraction of sp³-hybridized carbons (Fsp3) is 0.364. The summed E-state index contributed by atoms with van der Waals surface area (Å²) in [4.78, 5) is 28.7. The first kappa shape index (κ1) is 21.0. The van der Waals surface area contributed by atoms with Crippen molar-refractivity contribution in [1.82, 2.24) is 19.4 Å². The van der Waals surface area contributed by atoms with E-state index in [1.165, 1.54) is 27.4 Å². The number of hydrogen-bond donors (Lipinski definition) is 1. The Balaban J connectivity index is 1.27. The quantitative estimate of drug-likeness (QED) is 0.701. The highest BCUT2D eigenvalue weighted by molar-refractivity contribution is 7.89. The van der Waals surface area contributed by atoms with E-state index in [0.29, 0.717) is 19.5 Å². The van der Waals surface area contributed by atoms with Gasteiger partial charge in [0.1, 0.15) is 16.3 Å². The predicted molar refractivity (Wildman–Crippen MR) is 113 cm³/mol. The third-order valence-electron chi connectivity index (χ3n) is 6.55. The van der Waals surface area contributed by atoms with Gasteiger partial charge in [0.15, 0.2) is 0 Å². The molecule has 3 aliphatic rings. The highest BCUT2D eigenvalue weighted by Crippen LogP contribution is 2.41. The molecular formula is C22H23FN4O4S. The molecule has 0 aromatic heterocycles. The van der Waals surface area contributed by atoms with E-state index in [1.54, 1.807) is 0 Å². The zero-order valence-electron chi connectivity index (χ0n) is 17.3. The summed E-state index contributed by atoms with van der Waals surface area (Å²) in [6.07, 6.45) is 1.25. The van der Waals surface area contributed by atoms with Gasteiger partial charge in [-0.2, -0.15) is 4.31 Å². The lowest BCUT2D eigenvalue weighted by molar-refractivity contribution is -0.133. The Morgan fingerprint density at radius 2 is 1.66 bits per heavy atom. The number of benzene rings is 2. The SMILES string of the molecule is O=C1N[C@@]2(CCc3ccccc32)C(=O)N1CN1CCN(S(=O)(=O)c2ccccc2F)CC1. The zero-order chi connectivity index (χ0) is 22.5. The predicted octanol–water partition coefficient (Wildman–Crippen LogP) is 1.48. The molecule has 1 atom stereocenters. The van der Waals surface area contributed by atoms with E-state index in [9.17, 15) is 22.4 Å². The number of piperazine rings is 1. The number of hydrogen-bond acceptors (Lipinski definition) is 5. The average Bonchev–Trinajstić information content (AvgIpc) is 3.27. The maximum Gasteiger partial charge on any atom is 0.326 e. The van der Waals surface area contributed by atoms with Gasteiger partial charge in [-0.05, 0) is 36.1 Å². The summed E-state index contributed by atoms with van der Waals surface area (Å²) in [7, 11) is -3.94. The lowest BCUT2D eigenvalue weighted by Crippen LogP contribution is -2.52. The Morgan fingerprint density at radius 3 is 2.41 bits per heavy atom. The largest absolute Gasteiger partial charge is 0.326 e. The molecule has 32 heavy (non-hydrogen) atoms. The minimum atomic E-state index is -3.94. The maximum atomic E-state index is 14.0. The standard InChI is InChI=1S/C22H23FN4O4S/c23-18-7-3-4-8-19(18)32(30,31)26-13-11-25(12-14-26)15-27-20(28)22(24-21(27)29)10-9-16-5-1-2-6-17(16)22/h1-8H,9-15H2,(H,24,29)/t22-/m1/s1. The highest BCUT2D eigenvalue weighted by Gasteiger charge is 2.55. The van der Waals surface area contributed by atoms with Crippen LogP contribution in [-0.2, 0) is 26.8 Å². The van der Waals surface area contributed by atoms with Crippen LogP contribution in [0.1, 0.15) is 17.5 Å². The van der Waals surface area contributed by atoms with Crippen molar-refractivity contribution in [3.63, 3.8) is 0 Å². The normalized spacial score (nSPS) is 24.2. The molecule has 8 nitrogen and oxygen atoms in total. The molecule has 1 spiro atoms. The third-order valence-corrected chi connectivity index (χ3v) is 8.48. The van der Waals surface area contributed by atoms with Crippen molar-refractivity contribution in [3.8, 4) is 0 Å². The van der Waals surface area contributed by atoms with Crippen LogP contribution in [0.4, 0.5) is 9.18 Å². The van der Waals surface area contributed by atoms with Crippen LogP contribution in [0.3, 0.4) is 0 Å². The lowest BCUT2D eigenvalue weighted by Gasteiger charge is -2.35. The molecule has 2 fully saturated rings. The van der Waals surface area contributed by atoms with E-state index < -0.39 is 27.4 Å². The van der Waals surface area contributed by atoms with E-state index in [2.05, 4.69) is 5.32 Å². The number of halogens is 1. The minimum Gasteiger partial charge on any atom is -0.319 e. The molecule has 0 bridgehead atoms. The molecule has 2 aromatic rings. The molecule has 10 heteroatoms. The van der Waals surface area contributed by atoms with Gasteiger partial charge < -0.3 is 5.32 Å². The maximum absolute atomic E-state index is 14.0. The molecule has 2 saturated heterocycles.